The normalized spacial score (nSPS) is 16.7. The molecule has 1 fully saturated rings. The third-order valence-electron chi connectivity index (χ3n) is 4.36. The SMILES string of the molecule is O=C(CCc1cnccn1)N[C@@H]1CC(=O)N(CCc2cccc(Cl)c2)C1. The van der Waals surface area contributed by atoms with E-state index in [0.717, 1.165) is 17.7 Å². The van der Waals surface area contributed by atoms with Gasteiger partial charge < -0.3 is 10.2 Å². The highest BCUT2D eigenvalue weighted by Crippen LogP contribution is 2.15. The van der Waals surface area contributed by atoms with Gasteiger partial charge in [-0.15, -0.1) is 0 Å². The van der Waals surface area contributed by atoms with Gasteiger partial charge in [-0.3, -0.25) is 19.6 Å². The summed E-state index contributed by atoms with van der Waals surface area (Å²) >= 11 is 5.99. The first-order valence-corrected chi connectivity index (χ1v) is 9.04. The summed E-state index contributed by atoms with van der Waals surface area (Å²) in [6, 6.07) is 7.52. The zero-order valence-corrected chi connectivity index (χ0v) is 15.2. The van der Waals surface area contributed by atoms with Gasteiger partial charge in [-0.2, -0.15) is 0 Å². The molecule has 2 amide bonds. The molecule has 136 valence electrons. The van der Waals surface area contributed by atoms with E-state index in [1.165, 1.54) is 0 Å². The maximum atomic E-state index is 12.2. The number of carbonyl (C=O) groups excluding carboxylic acids is 2. The molecule has 1 N–H and O–H groups in total. The van der Waals surface area contributed by atoms with Gasteiger partial charge in [0.1, 0.15) is 0 Å². The Balaban J connectivity index is 1.43. The highest BCUT2D eigenvalue weighted by molar-refractivity contribution is 6.30. The molecule has 0 aliphatic carbocycles. The minimum Gasteiger partial charge on any atom is -0.351 e. The van der Waals surface area contributed by atoms with Crippen LogP contribution in [0.5, 0.6) is 0 Å². The number of hydrogen-bond donors (Lipinski definition) is 1. The lowest BCUT2D eigenvalue weighted by molar-refractivity contribution is -0.127. The summed E-state index contributed by atoms with van der Waals surface area (Å²) in [5, 5.41) is 3.64. The molecule has 2 aromatic rings. The molecule has 1 aliphatic heterocycles. The molecular weight excluding hydrogens is 352 g/mol. The van der Waals surface area contributed by atoms with Crippen molar-refractivity contribution in [2.75, 3.05) is 13.1 Å². The minimum absolute atomic E-state index is 0.0647. The standard InChI is InChI=1S/C19H21ClN4O2/c20-15-3-1-2-14(10-15)6-9-24-13-17(11-19(24)26)23-18(25)5-4-16-12-21-7-8-22-16/h1-3,7-8,10,12,17H,4-6,9,11,13H2,(H,23,25)/t17-/m1/s1. The fourth-order valence-corrected chi connectivity index (χ4v) is 3.25. The predicted octanol–water partition coefficient (Wildman–Crippen LogP) is 2.02. The second kappa shape index (κ2) is 8.76. The van der Waals surface area contributed by atoms with E-state index in [1.54, 1.807) is 23.5 Å². The van der Waals surface area contributed by atoms with Crippen LogP contribution in [-0.4, -0.2) is 45.8 Å². The average Bonchev–Trinajstić information content (AvgIpc) is 2.98. The molecule has 1 atom stereocenters. The molecule has 26 heavy (non-hydrogen) atoms. The Hall–Kier alpha value is -2.47. The van der Waals surface area contributed by atoms with Gasteiger partial charge in [0.15, 0.2) is 0 Å². The van der Waals surface area contributed by atoms with E-state index in [9.17, 15) is 9.59 Å². The average molecular weight is 373 g/mol. The molecule has 1 aromatic heterocycles. The maximum Gasteiger partial charge on any atom is 0.224 e. The predicted molar refractivity (Wildman–Crippen MR) is 98.6 cm³/mol. The van der Waals surface area contributed by atoms with Gasteiger partial charge in [0.05, 0.1) is 11.7 Å². The lowest BCUT2D eigenvalue weighted by Crippen LogP contribution is -2.37. The van der Waals surface area contributed by atoms with Gasteiger partial charge in [-0.1, -0.05) is 23.7 Å². The minimum atomic E-state index is -0.129. The number of halogens is 1. The number of aromatic nitrogens is 2. The topological polar surface area (TPSA) is 75.2 Å². The molecular formula is C19H21ClN4O2. The van der Waals surface area contributed by atoms with Gasteiger partial charge in [-0.25, -0.2) is 0 Å². The van der Waals surface area contributed by atoms with E-state index in [1.807, 2.05) is 24.3 Å². The van der Waals surface area contributed by atoms with Crippen LogP contribution in [0.15, 0.2) is 42.9 Å². The Morgan fingerprint density at radius 1 is 1.31 bits per heavy atom. The number of likely N-dealkylation sites (tertiary alicyclic amines) is 1. The number of rotatable bonds is 7. The molecule has 6 nitrogen and oxygen atoms in total. The Morgan fingerprint density at radius 2 is 2.19 bits per heavy atom. The second-order valence-corrected chi connectivity index (χ2v) is 6.82. The molecule has 2 heterocycles. The molecule has 0 radical (unpaired) electrons. The monoisotopic (exact) mass is 372 g/mol. The lowest BCUT2D eigenvalue weighted by atomic mass is 10.1. The van der Waals surface area contributed by atoms with Crippen molar-refractivity contribution in [1.82, 2.24) is 20.2 Å². The molecule has 3 rings (SSSR count). The molecule has 0 unspecified atom stereocenters. The molecule has 1 aromatic carbocycles. The summed E-state index contributed by atoms with van der Waals surface area (Å²) in [6.45, 7) is 1.18. The number of carbonyl (C=O) groups is 2. The largest absolute Gasteiger partial charge is 0.351 e. The smallest absolute Gasteiger partial charge is 0.224 e. The van der Waals surface area contributed by atoms with Crippen LogP contribution >= 0.6 is 11.6 Å². The van der Waals surface area contributed by atoms with E-state index < -0.39 is 0 Å². The molecule has 0 spiro atoms. The third kappa shape index (κ3) is 5.26. The van der Waals surface area contributed by atoms with Crippen LogP contribution in [0.3, 0.4) is 0 Å². The lowest BCUT2D eigenvalue weighted by Gasteiger charge is -2.17. The van der Waals surface area contributed by atoms with E-state index in [2.05, 4.69) is 15.3 Å². The summed E-state index contributed by atoms with van der Waals surface area (Å²) in [5.74, 6) is 0.0106. The van der Waals surface area contributed by atoms with Gasteiger partial charge >= 0.3 is 0 Å². The van der Waals surface area contributed by atoms with Crippen LogP contribution < -0.4 is 5.32 Å². The summed E-state index contributed by atoms with van der Waals surface area (Å²) in [7, 11) is 0. The Bertz CT molecular complexity index is 769. The first-order valence-electron chi connectivity index (χ1n) is 8.66. The van der Waals surface area contributed by atoms with E-state index in [0.29, 0.717) is 37.4 Å². The highest BCUT2D eigenvalue weighted by Gasteiger charge is 2.30. The number of benzene rings is 1. The maximum absolute atomic E-state index is 12.2. The Kier molecular flexibility index (Phi) is 6.17. The van der Waals surface area contributed by atoms with Crippen LogP contribution in [0.2, 0.25) is 5.02 Å². The van der Waals surface area contributed by atoms with Crippen molar-refractivity contribution >= 4 is 23.4 Å². The number of nitrogens with one attached hydrogen (secondary N) is 1. The van der Waals surface area contributed by atoms with Crippen LogP contribution in [0.4, 0.5) is 0 Å². The molecule has 0 saturated carbocycles. The van der Waals surface area contributed by atoms with Crippen molar-refractivity contribution in [1.29, 1.82) is 0 Å². The molecule has 7 heteroatoms. The van der Waals surface area contributed by atoms with Crippen LogP contribution in [0.25, 0.3) is 0 Å². The zero-order chi connectivity index (χ0) is 18.4. The summed E-state index contributed by atoms with van der Waals surface area (Å²) < 4.78 is 0. The third-order valence-corrected chi connectivity index (χ3v) is 4.60. The van der Waals surface area contributed by atoms with Gasteiger partial charge in [0.25, 0.3) is 0 Å². The van der Waals surface area contributed by atoms with Crippen LogP contribution in [-0.2, 0) is 22.4 Å². The fraction of sp³-hybridized carbons (Fsp3) is 0.368. The quantitative estimate of drug-likeness (QED) is 0.806. The van der Waals surface area contributed by atoms with Gasteiger partial charge in [0, 0.05) is 49.5 Å². The fourth-order valence-electron chi connectivity index (χ4n) is 3.04. The first-order chi connectivity index (χ1) is 12.6. The zero-order valence-electron chi connectivity index (χ0n) is 14.4. The van der Waals surface area contributed by atoms with E-state index >= 15 is 0 Å². The van der Waals surface area contributed by atoms with Crippen molar-refractivity contribution in [3.05, 3.63) is 59.1 Å². The van der Waals surface area contributed by atoms with Gasteiger partial charge in [-0.05, 0) is 30.5 Å². The van der Waals surface area contributed by atoms with Crippen molar-refractivity contribution in [3.8, 4) is 0 Å². The number of nitrogens with zero attached hydrogens (tertiary/aromatic N) is 3. The molecule has 1 aliphatic rings. The van der Waals surface area contributed by atoms with Gasteiger partial charge in [0.2, 0.25) is 11.8 Å². The van der Waals surface area contributed by atoms with Crippen molar-refractivity contribution in [2.45, 2.75) is 31.7 Å². The van der Waals surface area contributed by atoms with Crippen LogP contribution in [0.1, 0.15) is 24.1 Å². The second-order valence-electron chi connectivity index (χ2n) is 6.38. The van der Waals surface area contributed by atoms with Crippen molar-refractivity contribution < 1.29 is 9.59 Å². The summed E-state index contributed by atoms with van der Waals surface area (Å²) in [6.07, 6.45) is 6.85. The molecule has 1 saturated heterocycles. The van der Waals surface area contributed by atoms with Crippen molar-refractivity contribution in [3.63, 3.8) is 0 Å². The van der Waals surface area contributed by atoms with E-state index in [-0.39, 0.29) is 17.9 Å². The first kappa shape index (κ1) is 18.3. The Labute approximate surface area is 157 Å². The highest BCUT2D eigenvalue weighted by atomic mass is 35.5. The van der Waals surface area contributed by atoms with E-state index in [4.69, 9.17) is 11.6 Å². The van der Waals surface area contributed by atoms with Crippen LogP contribution in [0, 0.1) is 0 Å². The number of aryl methyl sites for hydroxylation is 1. The summed E-state index contributed by atoms with van der Waals surface area (Å²) in [4.78, 5) is 34.2. The van der Waals surface area contributed by atoms with Crippen molar-refractivity contribution in [2.24, 2.45) is 0 Å². The Morgan fingerprint density at radius 3 is 2.96 bits per heavy atom. The number of hydrogen-bond acceptors (Lipinski definition) is 4. The molecule has 0 bridgehead atoms. The summed E-state index contributed by atoms with van der Waals surface area (Å²) in [5.41, 5.74) is 1.88. The number of amides is 2.